The molecular weight excluding hydrogens is 227 g/mol. The molecule has 2 nitrogen and oxygen atoms in total. The molecule has 1 aromatic carbocycles. The van der Waals surface area contributed by atoms with E-state index < -0.39 is 5.54 Å². The molecule has 0 bridgehead atoms. The monoisotopic (exact) mass is 248 g/mol. The molecule has 3 heteroatoms. The Morgan fingerprint density at radius 1 is 1.28 bits per heavy atom. The van der Waals surface area contributed by atoms with Crippen LogP contribution in [0.3, 0.4) is 0 Å². The van der Waals surface area contributed by atoms with Crippen molar-refractivity contribution in [3.63, 3.8) is 0 Å². The number of halogens is 1. The Morgan fingerprint density at radius 3 is 2.39 bits per heavy atom. The molecule has 1 rings (SSSR count). The Balaban J connectivity index is 2.86. The average molecular weight is 248 g/mol. The zero-order valence-corrected chi connectivity index (χ0v) is 11.8. The third-order valence-corrected chi connectivity index (χ3v) is 3.19. The summed E-state index contributed by atoms with van der Waals surface area (Å²) in [4.78, 5) is 0. The van der Waals surface area contributed by atoms with E-state index in [4.69, 9.17) is 5.26 Å². The number of nitrogens with one attached hydrogen (secondary N) is 1. The summed E-state index contributed by atoms with van der Waals surface area (Å²) < 4.78 is 13.3. The van der Waals surface area contributed by atoms with Gasteiger partial charge in [0.05, 0.1) is 6.07 Å². The number of rotatable bonds is 4. The lowest BCUT2D eigenvalue weighted by Crippen LogP contribution is -2.44. The molecule has 0 saturated heterocycles. The van der Waals surface area contributed by atoms with Gasteiger partial charge in [0, 0.05) is 12.0 Å². The van der Waals surface area contributed by atoms with Gasteiger partial charge < -0.3 is 0 Å². The fraction of sp³-hybridized carbons (Fsp3) is 0.533. The van der Waals surface area contributed by atoms with Gasteiger partial charge in [-0.15, -0.1) is 0 Å². The lowest BCUT2D eigenvalue weighted by molar-refractivity contribution is 0.397. The van der Waals surface area contributed by atoms with Crippen molar-refractivity contribution >= 4 is 0 Å². The number of benzene rings is 1. The third kappa shape index (κ3) is 3.54. The second kappa shape index (κ2) is 5.07. The predicted octanol–water partition coefficient (Wildman–Crippen LogP) is 3.30. The normalized spacial score (nSPS) is 12.3. The van der Waals surface area contributed by atoms with Gasteiger partial charge in [0.15, 0.2) is 0 Å². The number of hydrogen-bond donors (Lipinski definition) is 1. The highest BCUT2D eigenvalue weighted by atomic mass is 19.1. The topological polar surface area (TPSA) is 35.8 Å². The Labute approximate surface area is 109 Å². The van der Waals surface area contributed by atoms with Crippen LogP contribution in [0.1, 0.15) is 38.8 Å². The van der Waals surface area contributed by atoms with Crippen LogP contribution in [0.5, 0.6) is 0 Å². The average Bonchev–Trinajstić information content (AvgIpc) is 2.30. The van der Waals surface area contributed by atoms with E-state index in [0.717, 1.165) is 5.56 Å². The zero-order valence-electron chi connectivity index (χ0n) is 11.8. The molecule has 0 aliphatic rings. The SMILES string of the molecule is Cc1cc(C(C)(C)CNC(C)(C)C#N)ccc1F. The van der Waals surface area contributed by atoms with E-state index in [1.807, 2.05) is 26.0 Å². The first kappa shape index (κ1) is 14.7. The molecule has 0 saturated carbocycles. The molecule has 0 radical (unpaired) electrons. The van der Waals surface area contributed by atoms with E-state index in [9.17, 15) is 4.39 Å². The van der Waals surface area contributed by atoms with Crippen LogP contribution >= 0.6 is 0 Å². The van der Waals surface area contributed by atoms with E-state index >= 15 is 0 Å². The molecule has 0 amide bonds. The molecule has 0 fully saturated rings. The highest BCUT2D eigenvalue weighted by Gasteiger charge is 2.25. The van der Waals surface area contributed by atoms with Gasteiger partial charge in [-0.3, -0.25) is 5.32 Å². The van der Waals surface area contributed by atoms with Crippen molar-refractivity contribution in [3.05, 3.63) is 35.1 Å². The van der Waals surface area contributed by atoms with Crippen molar-refractivity contribution < 1.29 is 4.39 Å². The van der Waals surface area contributed by atoms with Gasteiger partial charge in [0.2, 0.25) is 0 Å². The molecule has 0 unspecified atom stereocenters. The maximum Gasteiger partial charge on any atom is 0.126 e. The van der Waals surface area contributed by atoms with E-state index in [0.29, 0.717) is 12.1 Å². The summed E-state index contributed by atoms with van der Waals surface area (Å²) in [6.07, 6.45) is 0. The summed E-state index contributed by atoms with van der Waals surface area (Å²) in [5, 5.41) is 12.2. The number of hydrogen-bond acceptors (Lipinski definition) is 2. The Morgan fingerprint density at radius 2 is 1.89 bits per heavy atom. The van der Waals surface area contributed by atoms with Gasteiger partial charge in [0.25, 0.3) is 0 Å². The van der Waals surface area contributed by atoms with Crippen LogP contribution in [0.2, 0.25) is 0 Å². The van der Waals surface area contributed by atoms with Crippen molar-refractivity contribution in [2.45, 2.75) is 45.6 Å². The van der Waals surface area contributed by atoms with Crippen LogP contribution in [0.4, 0.5) is 4.39 Å². The summed E-state index contributed by atoms with van der Waals surface area (Å²) in [5.41, 5.74) is 1.03. The molecular formula is C15H21FN2. The van der Waals surface area contributed by atoms with E-state index in [2.05, 4.69) is 25.2 Å². The van der Waals surface area contributed by atoms with Crippen LogP contribution in [0, 0.1) is 24.1 Å². The Kier molecular flexibility index (Phi) is 4.13. The van der Waals surface area contributed by atoms with Crippen molar-refractivity contribution in [1.82, 2.24) is 5.32 Å². The minimum atomic E-state index is -0.549. The Hall–Kier alpha value is -1.40. The molecule has 0 heterocycles. The standard InChI is InChI=1S/C15H21FN2/c1-11-8-12(6-7-13(11)16)14(2,3)10-18-15(4,5)9-17/h6-8,18H,10H2,1-5H3. The molecule has 0 aliphatic carbocycles. The van der Waals surface area contributed by atoms with Gasteiger partial charge in [-0.25, -0.2) is 4.39 Å². The van der Waals surface area contributed by atoms with Gasteiger partial charge in [-0.2, -0.15) is 5.26 Å². The number of nitriles is 1. The maximum atomic E-state index is 13.3. The molecule has 1 N–H and O–H groups in total. The first-order valence-corrected chi connectivity index (χ1v) is 6.11. The van der Waals surface area contributed by atoms with E-state index in [1.165, 1.54) is 6.07 Å². The summed E-state index contributed by atoms with van der Waals surface area (Å²) in [5.74, 6) is -0.181. The highest BCUT2D eigenvalue weighted by Crippen LogP contribution is 2.24. The van der Waals surface area contributed by atoms with Gasteiger partial charge in [0.1, 0.15) is 11.4 Å². The number of aryl methyl sites for hydroxylation is 1. The number of nitrogens with zero attached hydrogens (tertiary/aromatic N) is 1. The summed E-state index contributed by atoms with van der Waals surface area (Å²) in [6, 6.07) is 7.40. The van der Waals surface area contributed by atoms with Crippen molar-refractivity contribution in [3.8, 4) is 6.07 Å². The summed E-state index contributed by atoms with van der Waals surface area (Å²) in [7, 11) is 0. The van der Waals surface area contributed by atoms with Gasteiger partial charge in [-0.1, -0.05) is 26.0 Å². The molecule has 0 atom stereocenters. The molecule has 1 aromatic rings. The summed E-state index contributed by atoms with van der Waals surface area (Å²) in [6.45, 7) is 10.3. The molecule has 0 spiro atoms. The van der Waals surface area contributed by atoms with E-state index in [1.54, 1.807) is 6.92 Å². The van der Waals surface area contributed by atoms with Crippen LogP contribution in [0.15, 0.2) is 18.2 Å². The van der Waals surface area contributed by atoms with Gasteiger partial charge in [-0.05, 0) is 38.0 Å². The fourth-order valence-electron chi connectivity index (χ4n) is 1.65. The van der Waals surface area contributed by atoms with Gasteiger partial charge >= 0.3 is 0 Å². The lowest BCUT2D eigenvalue weighted by atomic mass is 9.83. The smallest absolute Gasteiger partial charge is 0.126 e. The Bertz CT molecular complexity index is 470. The second-order valence-electron chi connectivity index (χ2n) is 5.94. The first-order chi connectivity index (χ1) is 8.18. The minimum Gasteiger partial charge on any atom is -0.299 e. The molecule has 98 valence electrons. The van der Waals surface area contributed by atoms with Crippen molar-refractivity contribution in [2.75, 3.05) is 6.54 Å². The van der Waals surface area contributed by atoms with Crippen LogP contribution in [0.25, 0.3) is 0 Å². The highest BCUT2D eigenvalue weighted by molar-refractivity contribution is 5.30. The molecule has 0 aromatic heterocycles. The summed E-state index contributed by atoms with van der Waals surface area (Å²) >= 11 is 0. The molecule has 0 aliphatic heterocycles. The largest absolute Gasteiger partial charge is 0.299 e. The quantitative estimate of drug-likeness (QED) is 0.887. The van der Waals surface area contributed by atoms with E-state index in [-0.39, 0.29) is 11.2 Å². The predicted molar refractivity (Wildman–Crippen MR) is 71.9 cm³/mol. The molecule has 18 heavy (non-hydrogen) atoms. The fourth-order valence-corrected chi connectivity index (χ4v) is 1.65. The lowest BCUT2D eigenvalue weighted by Gasteiger charge is -2.30. The van der Waals surface area contributed by atoms with Crippen molar-refractivity contribution in [2.24, 2.45) is 0 Å². The minimum absolute atomic E-state index is 0.146. The maximum absolute atomic E-state index is 13.3. The van der Waals surface area contributed by atoms with Crippen molar-refractivity contribution in [1.29, 1.82) is 5.26 Å². The second-order valence-corrected chi connectivity index (χ2v) is 5.94. The van der Waals surface area contributed by atoms with Crippen LogP contribution in [-0.2, 0) is 5.41 Å². The third-order valence-electron chi connectivity index (χ3n) is 3.19. The van der Waals surface area contributed by atoms with Crippen LogP contribution < -0.4 is 5.32 Å². The first-order valence-electron chi connectivity index (χ1n) is 6.11. The van der Waals surface area contributed by atoms with Crippen LogP contribution in [-0.4, -0.2) is 12.1 Å². The zero-order chi connectivity index (χ0) is 14.0.